The molecular weight excluding hydrogens is 472 g/mol. The van der Waals surface area contributed by atoms with Crippen molar-refractivity contribution >= 4 is 15.9 Å². The zero-order chi connectivity index (χ0) is 23.8. The van der Waals surface area contributed by atoms with Crippen LogP contribution in [-0.4, -0.2) is 28.7 Å². The second kappa shape index (κ2) is 6.83. The van der Waals surface area contributed by atoms with E-state index in [0.717, 1.165) is 30.8 Å². The summed E-state index contributed by atoms with van der Waals surface area (Å²) in [4.78, 5) is 0.214. The molecule has 0 aromatic heterocycles. The molecule has 1 N–H and O–H groups in total. The van der Waals surface area contributed by atoms with Gasteiger partial charge in [-0.2, -0.15) is 0 Å². The van der Waals surface area contributed by atoms with E-state index in [2.05, 4.69) is 64.4 Å². The largest absolute Gasteiger partial charge is 0.392 e. The number of halogens is 1. The molecule has 0 aromatic rings. The fourth-order valence-corrected chi connectivity index (χ4v) is 12.6. The SMILES string of the molecule is CC1(C)CC[C@@]23CC[C@]4(C)[C@H](CC[C@@H]5[C@]6(C)C[C@H](O)[C@H](Br)C(C)(C)[C@@H]6CC[C@]54C)[C@H]2[C@H]1OC3. The number of hydrogen-bond acceptors (Lipinski definition) is 2. The molecule has 6 rings (SSSR count). The van der Waals surface area contributed by atoms with Gasteiger partial charge in [-0.05, 0) is 114 Å². The van der Waals surface area contributed by atoms with E-state index in [-0.39, 0.29) is 21.8 Å². The Hall–Kier alpha value is 0.400. The van der Waals surface area contributed by atoms with E-state index in [0.29, 0.717) is 33.7 Å². The van der Waals surface area contributed by atoms with Gasteiger partial charge in [0.1, 0.15) is 0 Å². The second-order valence-electron chi connectivity index (χ2n) is 15.8. The summed E-state index contributed by atoms with van der Waals surface area (Å²) < 4.78 is 6.71. The van der Waals surface area contributed by atoms with E-state index < -0.39 is 0 Å². The van der Waals surface area contributed by atoms with Crippen LogP contribution < -0.4 is 0 Å². The summed E-state index contributed by atoms with van der Waals surface area (Å²) in [6.07, 6.45) is 12.2. The summed E-state index contributed by atoms with van der Waals surface area (Å²) >= 11 is 3.93. The Morgan fingerprint density at radius 2 is 1.48 bits per heavy atom. The highest BCUT2D eigenvalue weighted by Gasteiger charge is 2.73. The Labute approximate surface area is 211 Å². The zero-order valence-electron chi connectivity index (χ0n) is 22.3. The molecule has 5 aliphatic carbocycles. The number of aliphatic hydroxyl groups is 1. The minimum Gasteiger partial charge on any atom is -0.392 e. The van der Waals surface area contributed by atoms with Gasteiger partial charge in [0.2, 0.25) is 0 Å². The lowest BCUT2D eigenvalue weighted by atomic mass is 9.31. The van der Waals surface area contributed by atoms with Crippen LogP contribution in [0.2, 0.25) is 0 Å². The average molecular weight is 522 g/mol. The molecule has 3 heteroatoms. The molecule has 1 saturated heterocycles. The zero-order valence-corrected chi connectivity index (χ0v) is 23.9. The molecule has 2 nitrogen and oxygen atoms in total. The van der Waals surface area contributed by atoms with Gasteiger partial charge < -0.3 is 9.84 Å². The first-order chi connectivity index (χ1) is 15.2. The van der Waals surface area contributed by atoms with Gasteiger partial charge in [0, 0.05) is 4.83 Å². The van der Waals surface area contributed by atoms with E-state index in [4.69, 9.17) is 4.74 Å². The highest BCUT2D eigenvalue weighted by Crippen LogP contribution is 2.78. The number of ether oxygens (including phenoxy) is 1. The smallest absolute Gasteiger partial charge is 0.0675 e. The number of fused-ring (bicyclic) bond motifs is 5. The van der Waals surface area contributed by atoms with Gasteiger partial charge >= 0.3 is 0 Å². The van der Waals surface area contributed by atoms with Crippen LogP contribution in [0.3, 0.4) is 0 Å². The van der Waals surface area contributed by atoms with Gasteiger partial charge in [0.05, 0.1) is 18.8 Å². The van der Waals surface area contributed by atoms with Crippen molar-refractivity contribution in [1.29, 1.82) is 0 Å². The Morgan fingerprint density at radius 3 is 2.21 bits per heavy atom. The van der Waals surface area contributed by atoms with E-state index in [1.165, 1.54) is 51.4 Å². The maximum atomic E-state index is 11.2. The Morgan fingerprint density at radius 1 is 0.788 bits per heavy atom. The molecule has 1 aliphatic heterocycles. The van der Waals surface area contributed by atoms with Crippen LogP contribution in [0.25, 0.3) is 0 Å². The first kappa shape index (κ1) is 23.8. The number of aliphatic hydroxyl groups excluding tert-OH is 1. The summed E-state index contributed by atoms with van der Waals surface area (Å²) in [5.41, 5.74) is 1.96. The number of alkyl halides is 1. The van der Waals surface area contributed by atoms with Crippen LogP contribution in [-0.2, 0) is 4.74 Å². The predicted molar refractivity (Wildman–Crippen MR) is 138 cm³/mol. The molecular formula is C30H49BrO2. The quantitative estimate of drug-likeness (QED) is 0.333. The molecule has 188 valence electrons. The molecule has 11 atom stereocenters. The summed E-state index contributed by atoms with van der Waals surface area (Å²) in [5, 5.41) is 11.2. The molecule has 1 heterocycles. The molecule has 6 aliphatic rings. The lowest BCUT2D eigenvalue weighted by molar-refractivity contribution is -0.248. The van der Waals surface area contributed by atoms with Gasteiger partial charge in [-0.15, -0.1) is 0 Å². The van der Waals surface area contributed by atoms with Crippen LogP contribution in [0, 0.1) is 56.2 Å². The lowest BCUT2D eigenvalue weighted by Gasteiger charge is -2.73. The standard InChI is InChI=1S/C30H49BrO2/c1-25(2)12-14-30-15-13-28(6)18(22(30)24(25)33-17-30)8-9-21-27(5)16-19(32)23(31)26(3,4)20(27)10-11-29(21,28)7/h18-24,32H,8-17H2,1-7H3/t18-,19+,20+,21-,22+,23+,24-,27-,28-,29-,30+/m1/s1. The van der Waals surface area contributed by atoms with Gasteiger partial charge in [0.15, 0.2) is 0 Å². The van der Waals surface area contributed by atoms with Crippen LogP contribution >= 0.6 is 15.9 Å². The molecule has 0 amide bonds. The summed E-state index contributed by atoms with van der Waals surface area (Å²) in [5.74, 6) is 3.00. The van der Waals surface area contributed by atoms with Crippen molar-refractivity contribution in [3.05, 3.63) is 0 Å². The number of rotatable bonds is 0. The van der Waals surface area contributed by atoms with Crippen LogP contribution in [0.15, 0.2) is 0 Å². The Bertz CT molecular complexity index is 837. The highest BCUT2D eigenvalue weighted by molar-refractivity contribution is 9.09. The highest BCUT2D eigenvalue weighted by atomic mass is 79.9. The van der Waals surface area contributed by atoms with Crippen molar-refractivity contribution in [1.82, 2.24) is 0 Å². The predicted octanol–water partition coefficient (Wildman–Crippen LogP) is 7.61. The Kier molecular flexibility index (Phi) is 4.92. The molecule has 2 bridgehead atoms. The van der Waals surface area contributed by atoms with Crippen LogP contribution in [0.1, 0.15) is 106 Å². The van der Waals surface area contributed by atoms with Gasteiger partial charge in [-0.1, -0.05) is 64.4 Å². The maximum absolute atomic E-state index is 11.2. The lowest BCUT2D eigenvalue weighted by Crippen LogP contribution is -2.68. The third kappa shape index (κ3) is 2.70. The second-order valence-corrected chi connectivity index (χ2v) is 16.8. The van der Waals surface area contributed by atoms with E-state index in [9.17, 15) is 5.11 Å². The van der Waals surface area contributed by atoms with E-state index >= 15 is 0 Å². The average Bonchev–Trinajstić information content (AvgIpc) is 3.06. The summed E-state index contributed by atoms with van der Waals surface area (Å²) in [7, 11) is 0. The summed E-state index contributed by atoms with van der Waals surface area (Å²) in [6, 6.07) is 0. The molecule has 0 spiro atoms. The monoisotopic (exact) mass is 520 g/mol. The molecule has 33 heavy (non-hydrogen) atoms. The van der Waals surface area contributed by atoms with Crippen molar-refractivity contribution in [2.24, 2.45) is 56.2 Å². The topological polar surface area (TPSA) is 29.5 Å². The molecule has 0 radical (unpaired) electrons. The van der Waals surface area contributed by atoms with E-state index in [1.807, 2.05) is 0 Å². The van der Waals surface area contributed by atoms with Crippen LogP contribution in [0.4, 0.5) is 0 Å². The molecule has 0 unspecified atom stereocenters. The summed E-state index contributed by atoms with van der Waals surface area (Å²) in [6.45, 7) is 18.9. The van der Waals surface area contributed by atoms with Gasteiger partial charge in [-0.3, -0.25) is 0 Å². The van der Waals surface area contributed by atoms with Crippen molar-refractivity contribution < 1.29 is 9.84 Å². The molecule has 6 fully saturated rings. The first-order valence-electron chi connectivity index (χ1n) is 14.2. The van der Waals surface area contributed by atoms with Crippen molar-refractivity contribution in [2.75, 3.05) is 6.61 Å². The van der Waals surface area contributed by atoms with Gasteiger partial charge in [-0.25, -0.2) is 0 Å². The van der Waals surface area contributed by atoms with E-state index in [1.54, 1.807) is 0 Å². The van der Waals surface area contributed by atoms with Crippen LogP contribution in [0.5, 0.6) is 0 Å². The minimum atomic E-state index is -0.229. The first-order valence-corrected chi connectivity index (χ1v) is 15.1. The molecule has 5 saturated carbocycles. The van der Waals surface area contributed by atoms with Gasteiger partial charge in [0.25, 0.3) is 0 Å². The fraction of sp³-hybridized carbons (Fsp3) is 1.00. The normalized spacial score (nSPS) is 60.8. The van der Waals surface area contributed by atoms with Crippen molar-refractivity contribution in [3.8, 4) is 0 Å². The third-order valence-electron chi connectivity index (χ3n) is 14.0. The number of hydrogen-bond donors (Lipinski definition) is 1. The molecule has 0 aromatic carbocycles. The third-order valence-corrected chi connectivity index (χ3v) is 15.8. The van der Waals surface area contributed by atoms with Crippen molar-refractivity contribution in [2.45, 2.75) is 123 Å². The maximum Gasteiger partial charge on any atom is 0.0675 e. The van der Waals surface area contributed by atoms with Crippen molar-refractivity contribution in [3.63, 3.8) is 0 Å². The Balaban J connectivity index is 1.40. The fourth-order valence-electron chi connectivity index (χ4n) is 12.1. The minimum absolute atomic E-state index is 0.141.